The van der Waals surface area contributed by atoms with E-state index in [4.69, 9.17) is 9.47 Å². The number of esters is 1. The van der Waals surface area contributed by atoms with Gasteiger partial charge in [0.15, 0.2) is 0 Å². The second-order valence-electron chi connectivity index (χ2n) is 6.52. The standard InChI is InChI=1S/C22H24N2O4/c1-3-13-27-18-12-8-7-11-17(18)20-19(15(2)23-22(26)24-20)21(25)28-14-16-9-5-4-6-10-16/h4-12,20H,3,13-14H2,1-2H3,(H2,23,24,26)/t20-/m1/s1. The summed E-state index contributed by atoms with van der Waals surface area (Å²) >= 11 is 0. The van der Waals surface area contributed by atoms with Gasteiger partial charge in [-0.05, 0) is 25.0 Å². The van der Waals surface area contributed by atoms with Gasteiger partial charge in [-0.1, -0.05) is 55.5 Å². The van der Waals surface area contributed by atoms with E-state index in [-0.39, 0.29) is 12.6 Å². The minimum absolute atomic E-state index is 0.158. The maximum absolute atomic E-state index is 12.9. The van der Waals surface area contributed by atoms with Crippen LogP contribution >= 0.6 is 0 Å². The van der Waals surface area contributed by atoms with Crippen molar-refractivity contribution < 1.29 is 19.1 Å². The average molecular weight is 380 g/mol. The summed E-state index contributed by atoms with van der Waals surface area (Å²) in [6.45, 7) is 4.42. The van der Waals surface area contributed by atoms with Crippen molar-refractivity contribution in [2.75, 3.05) is 6.61 Å². The molecule has 28 heavy (non-hydrogen) atoms. The first kappa shape index (κ1) is 19.5. The van der Waals surface area contributed by atoms with E-state index in [0.29, 0.717) is 23.6 Å². The number of ether oxygens (including phenoxy) is 2. The van der Waals surface area contributed by atoms with E-state index >= 15 is 0 Å². The molecule has 6 nitrogen and oxygen atoms in total. The van der Waals surface area contributed by atoms with Gasteiger partial charge in [-0.2, -0.15) is 0 Å². The molecule has 6 heteroatoms. The number of allylic oxidation sites excluding steroid dienone is 1. The van der Waals surface area contributed by atoms with Crippen LogP contribution in [0, 0.1) is 0 Å². The van der Waals surface area contributed by atoms with Gasteiger partial charge in [-0.3, -0.25) is 0 Å². The second kappa shape index (κ2) is 9.08. The van der Waals surface area contributed by atoms with Crippen molar-refractivity contribution in [2.45, 2.75) is 32.9 Å². The van der Waals surface area contributed by atoms with Crippen LogP contribution in [0.15, 0.2) is 65.9 Å². The lowest BCUT2D eigenvalue weighted by Gasteiger charge is -2.29. The number of carbonyl (C=O) groups excluding carboxylic acids is 2. The minimum atomic E-state index is -0.648. The molecule has 3 rings (SSSR count). The number of hydrogen-bond acceptors (Lipinski definition) is 4. The SMILES string of the molecule is CCCOc1ccccc1[C@H]1NC(=O)NC(C)=C1C(=O)OCc1ccccc1. The number of amides is 2. The molecular formula is C22H24N2O4. The van der Waals surface area contributed by atoms with E-state index in [0.717, 1.165) is 17.5 Å². The van der Waals surface area contributed by atoms with Gasteiger partial charge in [-0.15, -0.1) is 0 Å². The molecule has 0 radical (unpaired) electrons. The molecule has 1 aliphatic rings. The maximum Gasteiger partial charge on any atom is 0.338 e. The van der Waals surface area contributed by atoms with E-state index < -0.39 is 12.0 Å². The van der Waals surface area contributed by atoms with Crippen LogP contribution in [0.4, 0.5) is 4.79 Å². The van der Waals surface area contributed by atoms with Gasteiger partial charge in [0.05, 0.1) is 18.2 Å². The predicted molar refractivity (Wildman–Crippen MR) is 106 cm³/mol. The lowest BCUT2D eigenvalue weighted by atomic mass is 9.95. The molecule has 0 bridgehead atoms. The maximum atomic E-state index is 12.9. The lowest BCUT2D eigenvalue weighted by Crippen LogP contribution is -2.45. The lowest BCUT2D eigenvalue weighted by molar-refractivity contribution is -0.140. The number of rotatable bonds is 7. The second-order valence-corrected chi connectivity index (χ2v) is 6.52. The molecule has 0 saturated carbocycles. The summed E-state index contributed by atoms with van der Waals surface area (Å²) in [4.78, 5) is 25.0. The molecule has 0 spiro atoms. The third-order valence-corrected chi connectivity index (χ3v) is 4.39. The Hall–Kier alpha value is -3.28. The van der Waals surface area contributed by atoms with E-state index in [9.17, 15) is 9.59 Å². The average Bonchev–Trinajstić information content (AvgIpc) is 2.71. The topological polar surface area (TPSA) is 76.7 Å². The third kappa shape index (κ3) is 4.52. The number of benzene rings is 2. The summed E-state index contributed by atoms with van der Waals surface area (Å²) in [6, 6.07) is 15.8. The molecule has 0 unspecified atom stereocenters. The van der Waals surface area contributed by atoms with Gasteiger partial charge in [0.25, 0.3) is 0 Å². The zero-order valence-corrected chi connectivity index (χ0v) is 16.0. The number of para-hydroxylation sites is 1. The van der Waals surface area contributed by atoms with Crippen molar-refractivity contribution in [1.82, 2.24) is 10.6 Å². The first-order valence-corrected chi connectivity index (χ1v) is 9.31. The highest BCUT2D eigenvalue weighted by Gasteiger charge is 2.33. The number of hydrogen-bond donors (Lipinski definition) is 2. The van der Waals surface area contributed by atoms with Crippen molar-refractivity contribution in [3.63, 3.8) is 0 Å². The Morgan fingerprint density at radius 1 is 1.07 bits per heavy atom. The predicted octanol–water partition coefficient (Wildman–Crippen LogP) is 3.85. The normalized spacial score (nSPS) is 16.2. The molecule has 146 valence electrons. The Morgan fingerprint density at radius 3 is 2.54 bits per heavy atom. The summed E-state index contributed by atoms with van der Waals surface area (Å²) in [7, 11) is 0. The molecule has 2 aromatic rings. The van der Waals surface area contributed by atoms with Crippen LogP contribution in [0.1, 0.15) is 37.4 Å². The van der Waals surface area contributed by atoms with Gasteiger partial charge in [0.2, 0.25) is 0 Å². The Kier molecular flexibility index (Phi) is 6.32. The van der Waals surface area contributed by atoms with Gasteiger partial charge >= 0.3 is 12.0 Å². The Morgan fingerprint density at radius 2 is 1.79 bits per heavy atom. The van der Waals surface area contributed by atoms with Gasteiger partial charge < -0.3 is 20.1 Å². The molecule has 0 fully saturated rings. The minimum Gasteiger partial charge on any atom is -0.493 e. The summed E-state index contributed by atoms with van der Waals surface area (Å²) in [5.41, 5.74) is 2.45. The highest BCUT2D eigenvalue weighted by Crippen LogP contribution is 2.33. The van der Waals surface area contributed by atoms with Crippen LogP contribution in [0.25, 0.3) is 0 Å². The molecule has 1 atom stereocenters. The molecule has 2 aromatic carbocycles. The van der Waals surface area contributed by atoms with Crippen LogP contribution in [-0.4, -0.2) is 18.6 Å². The van der Waals surface area contributed by atoms with E-state index in [2.05, 4.69) is 10.6 Å². The number of carbonyl (C=O) groups is 2. The van der Waals surface area contributed by atoms with Crippen molar-refractivity contribution in [1.29, 1.82) is 0 Å². The first-order chi connectivity index (χ1) is 13.6. The Labute approximate surface area is 164 Å². The quantitative estimate of drug-likeness (QED) is 0.716. The van der Waals surface area contributed by atoms with E-state index in [1.165, 1.54) is 0 Å². The van der Waals surface area contributed by atoms with E-state index in [1.807, 2.05) is 61.5 Å². The molecule has 2 amide bonds. The number of urea groups is 1. The van der Waals surface area contributed by atoms with Gasteiger partial charge in [-0.25, -0.2) is 9.59 Å². The van der Waals surface area contributed by atoms with Crippen molar-refractivity contribution >= 4 is 12.0 Å². The zero-order chi connectivity index (χ0) is 19.9. The molecule has 1 heterocycles. The fourth-order valence-corrected chi connectivity index (χ4v) is 3.06. The van der Waals surface area contributed by atoms with E-state index in [1.54, 1.807) is 6.92 Å². The third-order valence-electron chi connectivity index (χ3n) is 4.39. The highest BCUT2D eigenvalue weighted by molar-refractivity contribution is 5.95. The molecule has 2 N–H and O–H groups in total. The fraction of sp³-hybridized carbons (Fsp3) is 0.273. The molecule has 1 aliphatic heterocycles. The fourth-order valence-electron chi connectivity index (χ4n) is 3.06. The molecule has 0 saturated heterocycles. The summed E-state index contributed by atoms with van der Waals surface area (Å²) in [5, 5.41) is 5.48. The highest BCUT2D eigenvalue weighted by atomic mass is 16.5. The van der Waals surface area contributed by atoms with Gasteiger partial charge in [0, 0.05) is 11.3 Å². The van der Waals surface area contributed by atoms with Crippen LogP contribution in [0.5, 0.6) is 5.75 Å². The molecular weight excluding hydrogens is 356 g/mol. The van der Waals surface area contributed by atoms with Crippen LogP contribution in [0.2, 0.25) is 0 Å². The summed E-state index contributed by atoms with van der Waals surface area (Å²) in [5.74, 6) is 0.154. The van der Waals surface area contributed by atoms with Crippen molar-refractivity contribution in [3.05, 3.63) is 77.0 Å². The van der Waals surface area contributed by atoms with Crippen LogP contribution in [-0.2, 0) is 16.1 Å². The van der Waals surface area contributed by atoms with Crippen molar-refractivity contribution in [2.24, 2.45) is 0 Å². The van der Waals surface area contributed by atoms with Crippen LogP contribution < -0.4 is 15.4 Å². The Bertz CT molecular complexity index is 877. The summed E-state index contributed by atoms with van der Waals surface area (Å²) < 4.78 is 11.3. The largest absolute Gasteiger partial charge is 0.493 e. The summed E-state index contributed by atoms with van der Waals surface area (Å²) in [6.07, 6.45) is 0.855. The molecule has 0 aromatic heterocycles. The Balaban J connectivity index is 1.88. The molecule has 0 aliphatic carbocycles. The smallest absolute Gasteiger partial charge is 0.338 e. The zero-order valence-electron chi connectivity index (χ0n) is 16.0. The van der Waals surface area contributed by atoms with Gasteiger partial charge in [0.1, 0.15) is 12.4 Å². The first-order valence-electron chi connectivity index (χ1n) is 9.31. The number of nitrogens with one attached hydrogen (secondary N) is 2. The monoisotopic (exact) mass is 380 g/mol. The van der Waals surface area contributed by atoms with Crippen molar-refractivity contribution in [3.8, 4) is 5.75 Å². The van der Waals surface area contributed by atoms with Crippen LogP contribution in [0.3, 0.4) is 0 Å².